The summed E-state index contributed by atoms with van der Waals surface area (Å²) < 4.78 is 10.0. The third kappa shape index (κ3) is 12.9. The molecule has 1 fully saturated rings. The van der Waals surface area contributed by atoms with E-state index in [1.807, 2.05) is 107 Å². The van der Waals surface area contributed by atoms with Gasteiger partial charge in [-0.3, -0.25) is 20.0 Å². The summed E-state index contributed by atoms with van der Waals surface area (Å²) in [7, 11) is 2.86. The Morgan fingerprint density at radius 2 is 1.75 bits per heavy atom. The number of nitrogens with zero attached hydrogens (tertiary/aromatic N) is 3. The number of rotatable bonds is 20. The van der Waals surface area contributed by atoms with E-state index in [1.54, 1.807) is 17.0 Å². The van der Waals surface area contributed by atoms with E-state index in [0.29, 0.717) is 25.1 Å². The minimum atomic E-state index is -1.14. The lowest BCUT2D eigenvalue weighted by Gasteiger charge is -2.36. The molecule has 4 rings (SSSR count). The second-order valence-corrected chi connectivity index (χ2v) is 15.4. The molecule has 1 saturated heterocycles. The Morgan fingerprint density at radius 1 is 1.04 bits per heavy atom. The summed E-state index contributed by atoms with van der Waals surface area (Å²) in [5.41, 5.74) is 5.69. The summed E-state index contributed by atoms with van der Waals surface area (Å²) in [5.74, 6) is -0.597. The Morgan fingerprint density at radius 3 is 2.39 bits per heavy atom. The Balaban J connectivity index is 1.59. The van der Waals surface area contributed by atoms with Gasteiger partial charge >= 0.3 is 12.1 Å². The molecule has 5 N–H and O–H groups in total. The quantitative estimate of drug-likeness (QED) is 0.105. The highest BCUT2D eigenvalue weighted by Gasteiger charge is 2.43. The SMILES string of the molecule is CCC(C)C(C(=O)NC(Cc1ccccc1)C(O)CN(Cc1ccc(OC)cc1)NC(=O)CC(C)(C)CNC(=O)OC)C1CNC(=O)N1Cc1cccc(C)n1. The maximum Gasteiger partial charge on any atom is 0.406 e. The number of aryl methyl sites for hydroxylation is 1. The van der Waals surface area contributed by atoms with Gasteiger partial charge in [-0.2, -0.15) is 0 Å². The third-order valence-corrected chi connectivity index (χ3v) is 10.2. The van der Waals surface area contributed by atoms with Crippen LogP contribution in [-0.2, 0) is 33.8 Å². The second-order valence-electron chi connectivity index (χ2n) is 15.4. The molecule has 0 aliphatic carbocycles. The lowest BCUT2D eigenvalue weighted by atomic mass is 9.83. The van der Waals surface area contributed by atoms with E-state index in [9.17, 15) is 24.3 Å². The number of aliphatic hydroxyl groups is 1. The number of carbonyl (C=O) groups excluding carboxylic acids is 4. The number of aromatic nitrogens is 1. The molecule has 1 aromatic heterocycles. The number of alkyl carbamates (subject to hydrolysis) is 1. The zero-order valence-corrected chi connectivity index (χ0v) is 33.7. The first-order valence-corrected chi connectivity index (χ1v) is 19.2. The molecular weight excluding hydrogens is 715 g/mol. The smallest absolute Gasteiger partial charge is 0.406 e. The minimum Gasteiger partial charge on any atom is -0.497 e. The van der Waals surface area contributed by atoms with Gasteiger partial charge < -0.3 is 35.4 Å². The number of benzene rings is 2. The van der Waals surface area contributed by atoms with Crippen molar-refractivity contribution in [3.05, 3.63) is 95.3 Å². The molecular formula is C42H59N7O7. The van der Waals surface area contributed by atoms with Crippen LogP contribution in [0.3, 0.4) is 0 Å². The van der Waals surface area contributed by atoms with Crippen LogP contribution in [-0.4, -0.2) is 96.0 Å². The van der Waals surface area contributed by atoms with E-state index in [2.05, 4.69) is 31.1 Å². The summed E-state index contributed by atoms with van der Waals surface area (Å²) in [6, 6.07) is 21.2. The highest BCUT2D eigenvalue weighted by molar-refractivity contribution is 5.83. The molecule has 14 nitrogen and oxygen atoms in total. The number of nitrogens with one attached hydrogen (secondary N) is 4. The summed E-state index contributed by atoms with van der Waals surface area (Å²) in [5, 5.41) is 22.5. The normalized spacial score (nSPS) is 16.3. The molecule has 1 aliphatic rings. The van der Waals surface area contributed by atoms with Crippen molar-refractivity contribution in [1.29, 1.82) is 0 Å². The molecule has 304 valence electrons. The maximum absolute atomic E-state index is 14.6. The molecule has 0 spiro atoms. The van der Waals surface area contributed by atoms with E-state index >= 15 is 0 Å². The third-order valence-electron chi connectivity index (χ3n) is 10.2. The molecule has 1 aliphatic heterocycles. The fourth-order valence-electron chi connectivity index (χ4n) is 6.97. The van der Waals surface area contributed by atoms with Crippen LogP contribution in [0.1, 0.15) is 63.1 Å². The van der Waals surface area contributed by atoms with Crippen molar-refractivity contribution in [2.75, 3.05) is 33.9 Å². The zero-order chi connectivity index (χ0) is 40.8. The van der Waals surface area contributed by atoms with Gasteiger partial charge in [0.1, 0.15) is 5.75 Å². The van der Waals surface area contributed by atoms with E-state index in [0.717, 1.165) is 22.5 Å². The topological polar surface area (TPSA) is 174 Å². The Labute approximate surface area is 330 Å². The molecule has 2 aromatic carbocycles. The Kier molecular flexibility index (Phi) is 16.0. The van der Waals surface area contributed by atoms with E-state index in [4.69, 9.17) is 4.74 Å². The van der Waals surface area contributed by atoms with E-state index in [1.165, 1.54) is 7.11 Å². The maximum atomic E-state index is 14.6. The van der Waals surface area contributed by atoms with Crippen molar-refractivity contribution >= 4 is 23.9 Å². The van der Waals surface area contributed by atoms with Crippen LogP contribution >= 0.6 is 0 Å². The van der Waals surface area contributed by atoms with Gasteiger partial charge in [-0.05, 0) is 60.1 Å². The van der Waals surface area contributed by atoms with Crippen molar-refractivity contribution in [2.24, 2.45) is 17.3 Å². The number of pyridine rings is 1. The predicted octanol–water partition coefficient (Wildman–Crippen LogP) is 4.35. The number of hydrogen-bond donors (Lipinski definition) is 5. The summed E-state index contributed by atoms with van der Waals surface area (Å²) in [6.45, 7) is 10.6. The zero-order valence-electron chi connectivity index (χ0n) is 33.7. The molecule has 14 heteroatoms. The van der Waals surface area contributed by atoms with Gasteiger partial charge in [0, 0.05) is 38.3 Å². The lowest BCUT2D eigenvalue weighted by molar-refractivity contribution is -0.132. The highest BCUT2D eigenvalue weighted by atomic mass is 16.5. The van der Waals surface area contributed by atoms with Crippen LogP contribution in [0.15, 0.2) is 72.8 Å². The molecule has 5 amide bonds. The van der Waals surface area contributed by atoms with Gasteiger partial charge in [0.05, 0.1) is 50.6 Å². The Bertz CT molecular complexity index is 1740. The Hall–Kier alpha value is -5.21. The van der Waals surface area contributed by atoms with E-state index < -0.39 is 35.6 Å². The number of urea groups is 1. The molecule has 5 atom stereocenters. The van der Waals surface area contributed by atoms with Crippen molar-refractivity contribution in [1.82, 2.24) is 36.3 Å². The average molecular weight is 774 g/mol. The number of hydrazine groups is 1. The lowest BCUT2D eigenvalue weighted by Crippen LogP contribution is -2.56. The van der Waals surface area contributed by atoms with Crippen LogP contribution in [0.2, 0.25) is 0 Å². The molecule has 56 heavy (non-hydrogen) atoms. The van der Waals surface area contributed by atoms with Gasteiger partial charge in [-0.15, -0.1) is 0 Å². The fourth-order valence-corrected chi connectivity index (χ4v) is 6.97. The summed E-state index contributed by atoms with van der Waals surface area (Å²) >= 11 is 0. The van der Waals surface area contributed by atoms with Crippen LogP contribution in [0.5, 0.6) is 5.75 Å². The van der Waals surface area contributed by atoms with Crippen LogP contribution in [0, 0.1) is 24.2 Å². The monoisotopic (exact) mass is 773 g/mol. The first-order chi connectivity index (χ1) is 26.7. The van der Waals surface area contributed by atoms with Crippen molar-refractivity contribution in [3.63, 3.8) is 0 Å². The summed E-state index contributed by atoms with van der Waals surface area (Å²) in [6.07, 6.45) is -0.651. The predicted molar refractivity (Wildman–Crippen MR) is 213 cm³/mol. The van der Waals surface area contributed by atoms with Gasteiger partial charge in [0.25, 0.3) is 0 Å². The van der Waals surface area contributed by atoms with Crippen LogP contribution < -0.4 is 26.1 Å². The van der Waals surface area contributed by atoms with Gasteiger partial charge in [-0.25, -0.2) is 14.6 Å². The number of aliphatic hydroxyl groups excluding tert-OH is 1. The largest absolute Gasteiger partial charge is 0.497 e. The average Bonchev–Trinajstić information content (AvgIpc) is 3.52. The van der Waals surface area contributed by atoms with Crippen molar-refractivity contribution < 1.29 is 33.8 Å². The number of ether oxygens (including phenoxy) is 2. The molecule has 2 heterocycles. The first kappa shape index (κ1) is 43.5. The van der Waals surface area contributed by atoms with Gasteiger partial charge in [0.2, 0.25) is 11.8 Å². The van der Waals surface area contributed by atoms with E-state index in [-0.39, 0.29) is 56.4 Å². The molecule has 0 radical (unpaired) electrons. The van der Waals surface area contributed by atoms with Crippen LogP contribution in [0.4, 0.5) is 9.59 Å². The molecule has 3 aromatic rings. The van der Waals surface area contributed by atoms with Gasteiger partial charge in [0.15, 0.2) is 0 Å². The first-order valence-electron chi connectivity index (χ1n) is 19.2. The standard InChI is InChI=1S/C42H59N7O7/c1-8-28(2)38(35-23-43-40(53)49(35)25-32-16-12-13-29(3)45-32)39(52)46-34(21-30-14-10-9-11-15-30)36(50)26-48(24-31-17-19-33(55-6)20-18-31)47-37(51)22-42(4,5)27-44-41(54)56-7/h9-20,28,34-36,38,50H,8,21-27H2,1-7H3,(H,43,53)(H,44,54)(H,46,52)(H,47,51). The van der Waals surface area contributed by atoms with Crippen LogP contribution in [0.25, 0.3) is 0 Å². The van der Waals surface area contributed by atoms with Gasteiger partial charge in [-0.1, -0.05) is 82.6 Å². The van der Waals surface area contributed by atoms with Crippen molar-refractivity contribution in [2.45, 2.75) is 85.2 Å². The number of amides is 5. The fraction of sp³-hybridized carbons (Fsp3) is 0.500. The highest BCUT2D eigenvalue weighted by Crippen LogP contribution is 2.28. The molecule has 0 saturated carbocycles. The molecule has 5 unspecified atom stereocenters. The minimum absolute atomic E-state index is 0.0288. The number of hydrogen-bond acceptors (Lipinski definition) is 9. The number of methoxy groups -OCH3 is 2. The molecule has 0 bridgehead atoms. The summed E-state index contributed by atoms with van der Waals surface area (Å²) in [4.78, 5) is 59.3. The number of carbonyl (C=O) groups is 4. The van der Waals surface area contributed by atoms with Crippen molar-refractivity contribution in [3.8, 4) is 5.75 Å². The second kappa shape index (κ2) is 20.6.